The maximum atomic E-state index is 12.2. The first kappa shape index (κ1) is 32.0. The number of hydrogen-bond acceptors (Lipinski definition) is 10. The minimum absolute atomic E-state index is 0.0299. The summed E-state index contributed by atoms with van der Waals surface area (Å²) in [7, 11) is 0. The van der Waals surface area contributed by atoms with E-state index >= 15 is 0 Å². The normalized spacial score (nSPS) is 53.4. The monoisotopic (exact) mass is 608 g/mol. The molecule has 0 radical (unpaired) electrons. The van der Waals surface area contributed by atoms with Crippen molar-refractivity contribution in [2.75, 3.05) is 13.2 Å². The molecular formula is C33H52O10. The molecule has 0 aromatic heterocycles. The molecule has 0 aromatic carbocycles. The van der Waals surface area contributed by atoms with Gasteiger partial charge in [-0.05, 0) is 73.7 Å². The number of rotatable bonds is 7. The van der Waals surface area contributed by atoms with Gasteiger partial charge >= 0.3 is 0 Å². The number of aliphatic hydroxyl groups is 6. The van der Waals surface area contributed by atoms with Gasteiger partial charge in [0.15, 0.2) is 17.9 Å². The second kappa shape index (κ2) is 11.4. The average molecular weight is 609 g/mol. The second-order valence-corrected chi connectivity index (χ2v) is 15.3. The fourth-order valence-electron chi connectivity index (χ4n) is 10.5. The number of aliphatic hydroxyl groups excluding tert-OH is 5. The molecule has 0 bridgehead atoms. The fraction of sp³-hybridized carbons (Fsp3) is 0.909. The van der Waals surface area contributed by atoms with Crippen molar-refractivity contribution in [1.29, 1.82) is 0 Å². The summed E-state index contributed by atoms with van der Waals surface area (Å²) in [5, 5.41) is 63.4. The molecule has 6 rings (SSSR count). The molecule has 6 N–H and O–H groups in total. The highest BCUT2D eigenvalue weighted by molar-refractivity contribution is 5.91. The smallest absolute Gasteiger partial charge is 0.186 e. The lowest BCUT2D eigenvalue weighted by Gasteiger charge is -2.60. The Kier molecular flexibility index (Phi) is 8.47. The molecule has 43 heavy (non-hydrogen) atoms. The molecule has 16 atom stereocenters. The van der Waals surface area contributed by atoms with E-state index in [0.29, 0.717) is 37.0 Å². The molecular weight excluding hydrogens is 556 g/mol. The molecule has 5 fully saturated rings. The van der Waals surface area contributed by atoms with Gasteiger partial charge in [-0.25, -0.2) is 0 Å². The van der Waals surface area contributed by atoms with Crippen molar-refractivity contribution in [3.63, 3.8) is 0 Å². The molecule has 3 saturated carbocycles. The molecule has 2 aliphatic heterocycles. The van der Waals surface area contributed by atoms with E-state index in [1.165, 1.54) is 5.57 Å². The zero-order valence-corrected chi connectivity index (χ0v) is 26.0. The van der Waals surface area contributed by atoms with Gasteiger partial charge in [0.05, 0.1) is 25.4 Å². The van der Waals surface area contributed by atoms with Crippen LogP contribution in [-0.2, 0) is 19.0 Å². The van der Waals surface area contributed by atoms with Gasteiger partial charge in [-0.15, -0.1) is 0 Å². The van der Waals surface area contributed by atoms with Crippen molar-refractivity contribution in [2.24, 2.45) is 46.3 Å². The third-order valence-electron chi connectivity index (χ3n) is 13.2. The van der Waals surface area contributed by atoms with Crippen LogP contribution in [0.4, 0.5) is 0 Å². The van der Waals surface area contributed by atoms with Crippen LogP contribution < -0.4 is 0 Å². The van der Waals surface area contributed by atoms with E-state index in [0.717, 1.165) is 32.1 Å². The lowest BCUT2D eigenvalue weighted by molar-refractivity contribution is -0.303. The Hall–Kier alpha value is -0.950. The summed E-state index contributed by atoms with van der Waals surface area (Å²) in [4.78, 5) is 12.2. The standard InChI is InChI=1S/C33H52O10/c1-16(15-41-30-29(39)28(38)27(37)24(14-34)42-30)7-10-33(40)17(2)26-23(43-33)12-22-20-6-5-18-11-19(35)8-9-31(18,3)21(20)13-25(36)32(22,26)4/h11,16-17,20-30,34,36-40H,5-10,12-15H2,1-4H3/t16-,17+,20-,21+,22+,23+,24-,25-,26+,27-,28+,29-,30-,31+,32-,33-/m1/s1. The van der Waals surface area contributed by atoms with Crippen LogP contribution in [0.2, 0.25) is 0 Å². The van der Waals surface area contributed by atoms with Crippen LogP contribution in [-0.4, -0.2) is 98.3 Å². The van der Waals surface area contributed by atoms with Crippen LogP contribution in [0.5, 0.6) is 0 Å². The average Bonchev–Trinajstić information content (AvgIpc) is 3.41. The Morgan fingerprint density at radius 1 is 1.07 bits per heavy atom. The molecule has 10 nitrogen and oxygen atoms in total. The van der Waals surface area contributed by atoms with Crippen LogP contribution in [0.3, 0.4) is 0 Å². The van der Waals surface area contributed by atoms with Crippen LogP contribution in [0.25, 0.3) is 0 Å². The molecule has 0 amide bonds. The van der Waals surface area contributed by atoms with Gasteiger partial charge in [-0.3, -0.25) is 4.79 Å². The van der Waals surface area contributed by atoms with E-state index in [1.807, 2.05) is 13.0 Å². The molecule has 244 valence electrons. The predicted molar refractivity (Wildman–Crippen MR) is 154 cm³/mol. The van der Waals surface area contributed by atoms with Crippen molar-refractivity contribution < 1.29 is 49.6 Å². The predicted octanol–water partition coefficient (Wildman–Crippen LogP) is 1.67. The Balaban J connectivity index is 1.09. The molecule has 10 heteroatoms. The van der Waals surface area contributed by atoms with Crippen LogP contribution in [0.1, 0.15) is 79.1 Å². The minimum atomic E-state index is -1.49. The summed E-state index contributed by atoms with van der Waals surface area (Å²) < 4.78 is 17.7. The van der Waals surface area contributed by atoms with Crippen molar-refractivity contribution >= 4 is 5.78 Å². The van der Waals surface area contributed by atoms with Gasteiger partial charge in [0.25, 0.3) is 0 Å². The largest absolute Gasteiger partial charge is 0.394 e. The first-order valence-electron chi connectivity index (χ1n) is 16.5. The first-order valence-corrected chi connectivity index (χ1v) is 16.5. The summed E-state index contributed by atoms with van der Waals surface area (Å²) in [6.45, 7) is 8.22. The van der Waals surface area contributed by atoms with E-state index in [9.17, 15) is 35.4 Å². The van der Waals surface area contributed by atoms with Gasteiger partial charge in [0.1, 0.15) is 24.4 Å². The first-order chi connectivity index (χ1) is 20.2. The zero-order valence-electron chi connectivity index (χ0n) is 26.0. The van der Waals surface area contributed by atoms with E-state index in [1.54, 1.807) is 0 Å². The van der Waals surface area contributed by atoms with E-state index < -0.39 is 49.2 Å². The summed E-state index contributed by atoms with van der Waals surface area (Å²) in [5.74, 6) is -0.122. The number of carbonyl (C=O) groups excluding carboxylic acids is 1. The topological polar surface area (TPSA) is 166 Å². The summed E-state index contributed by atoms with van der Waals surface area (Å²) in [5.41, 5.74) is 0.899. The minimum Gasteiger partial charge on any atom is -0.394 e. The van der Waals surface area contributed by atoms with E-state index in [-0.39, 0.29) is 47.1 Å². The van der Waals surface area contributed by atoms with Crippen LogP contribution >= 0.6 is 0 Å². The quantitative estimate of drug-likeness (QED) is 0.250. The summed E-state index contributed by atoms with van der Waals surface area (Å²) in [6.07, 6.45) is 0.663. The van der Waals surface area contributed by atoms with Crippen molar-refractivity contribution in [3.05, 3.63) is 11.6 Å². The zero-order chi connectivity index (χ0) is 31.1. The lowest BCUT2D eigenvalue weighted by atomic mass is 9.45. The SMILES string of the molecule is C[C@H](CC[C@@]1(O)O[C@H]2C[C@H]3[C@@H]4CCC5=CC(=O)CC[C@]5(C)[C@H]4C[C@@H](O)[C@]3(C)[C@H]2[C@@H]1C)CO[C@@H]1O[C@H](CO)[C@@H](O)[C@H](O)[C@H]1O. The Morgan fingerprint density at radius 2 is 1.81 bits per heavy atom. The molecule has 2 heterocycles. The Bertz CT molecular complexity index is 1100. The summed E-state index contributed by atoms with van der Waals surface area (Å²) in [6, 6.07) is 0. The number of ether oxygens (including phenoxy) is 3. The van der Waals surface area contributed by atoms with E-state index in [4.69, 9.17) is 14.2 Å². The summed E-state index contributed by atoms with van der Waals surface area (Å²) >= 11 is 0. The third-order valence-corrected chi connectivity index (χ3v) is 13.2. The van der Waals surface area contributed by atoms with Crippen LogP contribution in [0, 0.1) is 46.3 Å². The second-order valence-electron chi connectivity index (χ2n) is 15.3. The molecule has 2 saturated heterocycles. The fourth-order valence-corrected chi connectivity index (χ4v) is 10.5. The highest BCUT2D eigenvalue weighted by atomic mass is 16.7. The number of fused-ring (bicyclic) bond motifs is 7. The maximum Gasteiger partial charge on any atom is 0.186 e. The molecule has 0 unspecified atom stereocenters. The third kappa shape index (κ3) is 4.99. The molecule has 0 aromatic rings. The molecule has 6 aliphatic rings. The van der Waals surface area contributed by atoms with Crippen molar-refractivity contribution in [1.82, 2.24) is 0 Å². The molecule has 0 spiro atoms. The van der Waals surface area contributed by atoms with E-state index in [2.05, 4.69) is 20.8 Å². The number of allylic oxidation sites excluding steroid dienone is 1. The van der Waals surface area contributed by atoms with Gasteiger partial charge < -0.3 is 44.8 Å². The van der Waals surface area contributed by atoms with Crippen LogP contribution in [0.15, 0.2) is 11.6 Å². The van der Waals surface area contributed by atoms with Gasteiger partial charge in [-0.2, -0.15) is 0 Å². The Labute approximate surface area is 254 Å². The Morgan fingerprint density at radius 3 is 2.53 bits per heavy atom. The maximum absolute atomic E-state index is 12.2. The highest BCUT2D eigenvalue weighted by Gasteiger charge is 2.70. The number of hydrogen-bond donors (Lipinski definition) is 6. The van der Waals surface area contributed by atoms with Gasteiger partial charge in [-0.1, -0.05) is 33.3 Å². The highest BCUT2D eigenvalue weighted by Crippen LogP contribution is 2.70. The lowest BCUT2D eigenvalue weighted by Crippen LogP contribution is -2.59. The number of ketones is 1. The molecule has 4 aliphatic carbocycles. The van der Waals surface area contributed by atoms with Gasteiger partial charge in [0, 0.05) is 30.1 Å². The van der Waals surface area contributed by atoms with Crippen molar-refractivity contribution in [3.8, 4) is 0 Å². The van der Waals surface area contributed by atoms with Crippen molar-refractivity contribution in [2.45, 2.75) is 128 Å². The number of carbonyl (C=O) groups is 1. The van der Waals surface area contributed by atoms with Gasteiger partial charge in [0.2, 0.25) is 0 Å².